The zero-order chi connectivity index (χ0) is 13.0. The Bertz CT molecular complexity index is 478. The van der Waals surface area contributed by atoms with Crippen molar-refractivity contribution >= 4 is 15.7 Å². The predicted molar refractivity (Wildman–Crippen MR) is 74.0 cm³/mol. The van der Waals surface area contributed by atoms with Crippen LogP contribution in [0.2, 0.25) is 0 Å². The molecule has 0 aliphatic heterocycles. The molecule has 100 valence electrons. The molecule has 2 rings (SSSR count). The first-order valence-corrected chi connectivity index (χ1v) is 8.04. The molecule has 1 saturated carbocycles. The maximum Gasteiger partial charge on any atom is 0.232 e. The molecule has 0 amide bonds. The maximum atomic E-state index is 11.8. The second-order valence-corrected chi connectivity index (χ2v) is 6.73. The maximum absolute atomic E-state index is 11.8. The van der Waals surface area contributed by atoms with Crippen molar-refractivity contribution in [2.45, 2.75) is 25.7 Å². The topological polar surface area (TPSA) is 72.2 Å². The van der Waals surface area contributed by atoms with Crippen molar-refractivity contribution in [3.8, 4) is 0 Å². The summed E-state index contributed by atoms with van der Waals surface area (Å²) in [6.45, 7) is 0.604. The van der Waals surface area contributed by atoms with Gasteiger partial charge in [0.2, 0.25) is 10.0 Å². The van der Waals surface area contributed by atoms with Crippen molar-refractivity contribution in [2.24, 2.45) is 11.7 Å². The number of rotatable bonds is 7. The summed E-state index contributed by atoms with van der Waals surface area (Å²) in [5, 5.41) is 0. The van der Waals surface area contributed by atoms with E-state index in [1.165, 1.54) is 12.8 Å². The molecule has 1 aliphatic carbocycles. The van der Waals surface area contributed by atoms with E-state index < -0.39 is 10.0 Å². The minimum atomic E-state index is -3.19. The Morgan fingerprint density at radius 2 is 1.89 bits per heavy atom. The highest BCUT2D eigenvalue weighted by Gasteiger charge is 2.23. The van der Waals surface area contributed by atoms with Crippen LogP contribution in [0.4, 0.5) is 5.69 Å². The Kier molecular flexibility index (Phi) is 4.24. The second-order valence-electron chi connectivity index (χ2n) is 4.89. The molecule has 0 spiro atoms. The van der Waals surface area contributed by atoms with Gasteiger partial charge in [-0.3, -0.25) is 4.72 Å². The van der Waals surface area contributed by atoms with E-state index in [1.54, 1.807) is 12.1 Å². The average Bonchev–Trinajstić information content (AvgIpc) is 3.13. The van der Waals surface area contributed by atoms with Crippen molar-refractivity contribution in [1.29, 1.82) is 0 Å². The van der Waals surface area contributed by atoms with Gasteiger partial charge in [0.1, 0.15) is 0 Å². The molecule has 3 N–H and O–H groups in total. The van der Waals surface area contributed by atoms with Gasteiger partial charge in [0.05, 0.1) is 5.75 Å². The van der Waals surface area contributed by atoms with E-state index in [9.17, 15) is 8.42 Å². The van der Waals surface area contributed by atoms with Crippen LogP contribution >= 0.6 is 0 Å². The zero-order valence-electron chi connectivity index (χ0n) is 10.4. The number of anilines is 1. The van der Waals surface area contributed by atoms with Gasteiger partial charge in [-0.25, -0.2) is 8.42 Å². The smallest absolute Gasteiger partial charge is 0.232 e. The molecular formula is C13H20N2O2S. The Morgan fingerprint density at radius 3 is 2.44 bits per heavy atom. The molecule has 0 saturated heterocycles. The Labute approximate surface area is 109 Å². The predicted octanol–water partition coefficient (Wildman–Crippen LogP) is 1.73. The van der Waals surface area contributed by atoms with Crippen LogP contribution in [0.1, 0.15) is 24.8 Å². The van der Waals surface area contributed by atoms with Gasteiger partial charge in [-0.1, -0.05) is 25.0 Å². The summed E-state index contributed by atoms with van der Waals surface area (Å²) < 4.78 is 26.2. The van der Waals surface area contributed by atoms with Crippen LogP contribution in [0.3, 0.4) is 0 Å². The normalized spacial score (nSPS) is 15.6. The van der Waals surface area contributed by atoms with E-state index in [4.69, 9.17) is 5.73 Å². The van der Waals surface area contributed by atoms with Gasteiger partial charge < -0.3 is 5.73 Å². The monoisotopic (exact) mass is 268 g/mol. The fourth-order valence-electron chi connectivity index (χ4n) is 1.87. The molecule has 0 radical (unpaired) electrons. The van der Waals surface area contributed by atoms with Crippen LogP contribution in [0.5, 0.6) is 0 Å². The quantitative estimate of drug-likeness (QED) is 0.791. The third-order valence-electron chi connectivity index (χ3n) is 3.15. The van der Waals surface area contributed by atoms with E-state index in [-0.39, 0.29) is 5.75 Å². The summed E-state index contributed by atoms with van der Waals surface area (Å²) in [7, 11) is -3.19. The molecule has 1 aromatic carbocycles. The molecule has 0 unspecified atom stereocenters. The van der Waals surface area contributed by atoms with Gasteiger partial charge in [-0.15, -0.1) is 0 Å². The van der Waals surface area contributed by atoms with E-state index >= 15 is 0 Å². The van der Waals surface area contributed by atoms with Crippen molar-refractivity contribution in [3.05, 3.63) is 29.8 Å². The summed E-state index contributed by atoms with van der Waals surface area (Å²) in [5.41, 5.74) is 7.22. The van der Waals surface area contributed by atoms with Gasteiger partial charge in [0.25, 0.3) is 0 Å². The van der Waals surface area contributed by atoms with E-state index in [1.807, 2.05) is 12.1 Å². The highest BCUT2D eigenvalue weighted by molar-refractivity contribution is 7.92. The van der Waals surface area contributed by atoms with Gasteiger partial charge in [0, 0.05) is 5.69 Å². The molecule has 0 atom stereocenters. The molecule has 1 aromatic rings. The highest BCUT2D eigenvalue weighted by atomic mass is 32.2. The minimum Gasteiger partial charge on any atom is -0.330 e. The van der Waals surface area contributed by atoms with Crippen LogP contribution in [0.15, 0.2) is 24.3 Å². The van der Waals surface area contributed by atoms with Crippen molar-refractivity contribution in [3.63, 3.8) is 0 Å². The highest BCUT2D eigenvalue weighted by Crippen LogP contribution is 2.32. The Balaban J connectivity index is 1.90. The summed E-state index contributed by atoms with van der Waals surface area (Å²) in [6, 6.07) is 7.40. The number of hydrogen-bond acceptors (Lipinski definition) is 3. The average molecular weight is 268 g/mol. The standard InChI is InChI=1S/C13H20N2O2S/c14-9-7-11-3-5-13(6-4-11)15-18(16,17)10-8-12-1-2-12/h3-6,12,15H,1-2,7-10,14H2. The Morgan fingerprint density at radius 1 is 1.22 bits per heavy atom. The van der Waals surface area contributed by atoms with Gasteiger partial charge >= 0.3 is 0 Å². The summed E-state index contributed by atoms with van der Waals surface area (Å²) in [6.07, 6.45) is 3.96. The summed E-state index contributed by atoms with van der Waals surface area (Å²) in [4.78, 5) is 0. The second kappa shape index (κ2) is 5.71. The molecular weight excluding hydrogens is 248 g/mol. The SMILES string of the molecule is NCCc1ccc(NS(=O)(=O)CCC2CC2)cc1. The van der Waals surface area contributed by atoms with E-state index in [0.717, 1.165) is 18.4 Å². The first-order valence-electron chi connectivity index (χ1n) is 6.38. The minimum absolute atomic E-state index is 0.224. The molecule has 1 fully saturated rings. The van der Waals surface area contributed by atoms with Crippen molar-refractivity contribution in [1.82, 2.24) is 0 Å². The summed E-state index contributed by atoms with van der Waals surface area (Å²) >= 11 is 0. The molecule has 0 bridgehead atoms. The van der Waals surface area contributed by atoms with Gasteiger partial charge in [0.15, 0.2) is 0 Å². The number of sulfonamides is 1. The lowest BCUT2D eigenvalue weighted by molar-refractivity contribution is 0.595. The third-order valence-corrected chi connectivity index (χ3v) is 4.47. The summed E-state index contributed by atoms with van der Waals surface area (Å²) in [5.74, 6) is 0.857. The lowest BCUT2D eigenvalue weighted by atomic mass is 10.1. The molecule has 18 heavy (non-hydrogen) atoms. The number of nitrogens with one attached hydrogen (secondary N) is 1. The lowest BCUT2D eigenvalue weighted by Crippen LogP contribution is -2.17. The first kappa shape index (κ1) is 13.4. The van der Waals surface area contributed by atoms with Crippen LogP contribution < -0.4 is 10.5 Å². The number of nitrogens with two attached hydrogens (primary N) is 1. The molecule has 0 heterocycles. The molecule has 0 aromatic heterocycles. The van der Waals surface area contributed by atoms with E-state index in [2.05, 4.69) is 4.72 Å². The largest absolute Gasteiger partial charge is 0.330 e. The van der Waals surface area contributed by atoms with Gasteiger partial charge in [-0.2, -0.15) is 0 Å². The van der Waals surface area contributed by atoms with Crippen LogP contribution in [0.25, 0.3) is 0 Å². The zero-order valence-corrected chi connectivity index (χ0v) is 11.2. The number of hydrogen-bond donors (Lipinski definition) is 2. The molecule has 5 heteroatoms. The van der Waals surface area contributed by atoms with Crippen LogP contribution in [-0.4, -0.2) is 20.7 Å². The third kappa shape index (κ3) is 4.31. The van der Waals surface area contributed by atoms with Crippen LogP contribution in [-0.2, 0) is 16.4 Å². The number of benzene rings is 1. The lowest BCUT2D eigenvalue weighted by Gasteiger charge is -2.08. The van der Waals surface area contributed by atoms with Crippen molar-refractivity contribution < 1.29 is 8.42 Å². The molecule has 1 aliphatic rings. The van der Waals surface area contributed by atoms with Crippen LogP contribution in [0, 0.1) is 5.92 Å². The Hall–Kier alpha value is -1.07. The first-order chi connectivity index (χ1) is 8.59. The van der Waals surface area contributed by atoms with Gasteiger partial charge in [-0.05, 0) is 43.0 Å². The fraction of sp³-hybridized carbons (Fsp3) is 0.538. The fourth-order valence-corrected chi connectivity index (χ4v) is 3.11. The van der Waals surface area contributed by atoms with Crippen molar-refractivity contribution in [2.75, 3.05) is 17.0 Å². The molecule has 4 nitrogen and oxygen atoms in total. The van der Waals surface area contributed by atoms with E-state index in [0.29, 0.717) is 18.2 Å².